The summed E-state index contributed by atoms with van der Waals surface area (Å²) in [5.41, 5.74) is 4.60. The van der Waals surface area contributed by atoms with Crippen molar-refractivity contribution in [2.24, 2.45) is 11.7 Å². The molecule has 0 aromatic carbocycles. The minimum Gasteiger partial charge on any atom is -0.476 e. The summed E-state index contributed by atoms with van der Waals surface area (Å²) >= 11 is 0. The summed E-state index contributed by atoms with van der Waals surface area (Å²) in [6.07, 6.45) is 0.925. The molecule has 0 bridgehead atoms. The molecule has 200 valence electrons. The lowest BCUT2D eigenvalue weighted by Gasteiger charge is -2.40. The third-order valence-corrected chi connectivity index (χ3v) is 6.73. The first-order valence-corrected chi connectivity index (χ1v) is 12.1. The highest BCUT2D eigenvalue weighted by Crippen LogP contribution is 2.41. The van der Waals surface area contributed by atoms with E-state index in [0.29, 0.717) is 18.4 Å². The number of carbonyl (C=O) groups excluding carboxylic acids is 2. The maximum atomic E-state index is 15.0. The van der Waals surface area contributed by atoms with Crippen LogP contribution in [0.25, 0.3) is 0 Å². The minimum atomic E-state index is -3.09. The number of carbonyl (C=O) groups is 2. The van der Waals surface area contributed by atoms with E-state index in [-0.39, 0.29) is 30.0 Å². The van der Waals surface area contributed by atoms with Crippen LogP contribution in [0.4, 0.5) is 19.4 Å². The third kappa shape index (κ3) is 6.59. The first-order valence-electron chi connectivity index (χ1n) is 12.1. The highest BCUT2D eigenvalue weighted by atomic mass is 19.3. The number of H-pyrrole nitrogens is 1. The average Bonchev–Trinajstić information content (AvgIpc) is 3.68. The number of hydrogen-bond acceptors (Lipinski definition) is 8. The third-order valence-electron chi connectivity index (χ3n) is 6.73. The van der Waals surface area contributed by atoms with Crippen molar-refractivity contribution in [2.45, 2.75) is 57.1 Å². The van der Waals surface area contributed by atoms with E-state index in [4.69, 9.17) is 15.2 Å². The lowest BCUT2D eigenvalue weighted by atomic mass is 9.86. The van der Waals surface area contributed by atoms with Crippen molar-refractivity contribution in [1.29, 1.82) is 0 Å². The number of pyridine rings is 1. The van der Waals surface area contributed by atoms with E-state index in [1.165, 1.54) is 19.2 Å². The molecule has 0 radical (unpaired) electrons. The zero-order valence-electron chi connectivity index (χ0n) is 20.6. The number of ether oxygens (including phenoxy) is 2. The zero-order valence-corrected chi connectivity index (χ0v) is 20.6. The summed E-state index contributed by atoms with van der Waals surface area (Å²) in [7, 11) is 0. The average molecular weight is 521 g/mol. The number of piperidine rings is 1. The normalized spacial score (nSPS) is 21.0. The molecule has 1 aliphatic carbocycles. The first-order chi connectivity index (χ1) is 17.5. The van der Waals surface area contributed by atoms with Crippen molar-refractivity contribution in [3.63, 3.8) is 0 Å². The predicted octanol–water partition coefficient (Wildman–Crippen LogP) is 2.56. The Morgan fingerprint density at radius 2 is 2.05 bits per heavy atom. The predicted molar refractivity (Wildman–Crippen MR) is 128 cm³/mol. The van der Waals surface area contributed by atoms with Crippen molar-refractivity contribution >= 4 is 17.8 Å². The van der Waals surface area contributed by atoms with Crippen LogP contribution in [-0.2, 0) is 9.53 Å². The fourth-order valence-corrected chi connectivity index (χ4v) is 4.24. The van der Waals surface area contributed by atoms with Crippen molar-refractivity contribution in [3.05, 3.63) is 45.9 Å². The Kier molecular flexibility index (Phi) is 7.71. The second kappa shape index (κ2) is 10.8. The van der Waals surface area contributed by atoms with Crippen LogP contribution in [-0.4, -0.2) is 63.7 Å². The summed E-state index contributed by atoms with van der Waals surface area (Å²) < 4.78 is 40.3. The van der Waals surface area contributed by atoms with Gasteiger partial charge in [0.05, 0.1) is 24.1 Å². The van der Waals surface area contributed by atoms with Crippen LogP contribution < -0.4 is 21.3 Å². The van der Waals surface area contributed by atoms with Gasteiger partial charge in [-0.3, -0.25) is 14.5 Å². The maximum Gasteiger partial charge on any atom is 0.405 e. The lowest BCUT2D eigenvalue weighted by molar-refractivity contribution is -0.125. The van der Waals surface area contributed by atoms with Crippen LogP contribution >= 0.6 is 0 Å². The van der Waals surface area contributed by atoms with Crippen LogP contribution in [0.1, 0.15) is 56.3 Å². The molecule has 1 saturated carbocycles. The van der Waals surface area contributed by atoms with E-state index in [2.05, 4.69) is 20.5 Å². The van der Waals surface area contributed by atoms with E-state index in [9.17, 15) is 23.2 Å². The molecule has 2 aromatic heterocycles. The van der Waals surface area contributed by atoms with E-state index in [0.717, 1.165) is 12.8 Å². The number of aromatic nitrogens is 3. The smallest absolute Gasteiger partial charge is 0.405 e. The number of nitrogens with two attached hydrogens (primary N) is 1. The number of aromatic amines is 1. The lowest BCUT2D eigenvalue weighted by Crippen LogP contribution is -2.52. The first kappa shape index (κ1) is 26.5. The number of nitrogens with zero attached hydrogens (tertiary/aromatic N) is 3. The number of amides is 2. The van der Waals surface area contributed by atoms with Gasteiger partial charge in [0.2, 0.25) is 11.8 Å². The van der Waals surface area contributed by atoms with Crippen LogP contribution in [0.2, 0.25) is 0 Å². The molecule has 3 unspecified atom stereocenters. The second-order valence-electron chi connectivity index (χ2n) is 9.53. The molecule has 2 amide bonds. The molecule has 1 saturated heterocycles. The highest BCUT2D eigenvalue weighted by molar-refractivity contribution is 5.93. The molecule has 11 nitrogen and oxygen atoms in total. The van der Waals surface area contributed by atoms with Crippen molar-refractivity contribution in [1.82, 2.24) is 20.1 Å². The fourth-order valence-electron chi connectivity index (χ4n) is 4.24. The number of anilines is 1. The van der Waals surface area contributed by atoms with Gasteiger partial charge < -0.3 is 25.5 Å². The molecule has 4 rings (SSSR count). The summed E-state index contributed by atoms with van der Waals surface area (Å²) in [5.74, 6) is -3.65. The number of hydrogen-bond donors (Lipinski definition) is 3. The van der Waals surface area contributed by atoms with Gasteiger partial charge in [-0.1, -0.05) is 0 Å². The fraction of sp³-hybridized carbons (Fsp3) is 0.542. The SMILES string of the molecule is CC(OC(N)=O)c1cc(C2CN(C(C)C(=O)Nc3ccc(OCC4CC4)nn3)CCC2(F)F)c[nH]c1=O. The summed E-state index contributed by atoms with van der Waals surface area (Å²) in [6.45, 7) is 3.49. The number of alkyl halides is 2. The van der Waals surface area contributed by atoms with Gasteiger partial charge in [-0.25, -0.2) is 13.6 Å². The second-order valence-corrected chi connectivity index (χ2v) is 9.53. The molecule has 3 atom stereocenters. The molecule has 2 aromatic rings. The Morgan fingerprint density at radius 1 is 1.30 bits per heavy atom. The van der Waals surface area contributed by atoms with E-state index < -0.39 is 48.0 Å². The van der Waals surface area contributed by atoms with Gasteiger partial charge in [-0.2, -0.15) is 0 Å². The van der Waals surface area contributed by atoms with Crippen LogP contribution in [0.5, 0.6) is 5.88 Å². The van der Waals surface area contributed by atoms with Gasteiger partial charge in [-0.15, -0.1) is 10.2 Å². The monoisotopic (exact) mass is 520 g/mol. The van der Waals surface area contributed by atoms with Crippen molar-refractivity contribution in [3.8, 4) is 5.88 Å². The molecular weight excluding hydrogens is 490 g/mol. The number of rotatable bonds is 9. The van der Waals surface area contributed by atoms with E-state index in [1.807, 2.05) is 0 Å². The van der Waals surface area contributed by atoms with Crippen LogP contribution in [0, 0.1) is 5.92 Å². The van der Waals surface area contributed by atoms with Crippen molar-refractivity contribution in [2.75, 3.05) is 25.0 Å². The molecular formula is C24H30F2N6O5. The Labute approximate surface area is 211 Å². The Hall–Kier alpha value is -3.61. The zero-order chi connectivity index (χ0) is 26.7. The number of halogens is 2. The Balaban J connectivity index is 1.43. The largest absolute Gasteiger partial charge is 0.476 e. The maximum absolute atomic E-state index is 15.0. The van der Waals surface area contributed by atoms with Gasteiger partial charge in [0.15, 0.2) is 5.82 Å². The van der Waals surface area contributed by atoms with Gasteiger partial charge in [0.1, 0.15) is 6.10 Å². The molecule has 13 heteroatoms. The quantitative estimate of drug-likeness (QED) is 0.456. The number of likely N-dealkylation sites (tertiary alicyclic amines) is 1. The van der Waals surface area contributed by atoms with Gasteiger partial charge in [-0.05, 0) is 50.3 Å². The minimum absolute atomic E-state index is 0.00172. The van der Waals surface area contributed by atoms with Gasteiger partial charge in [0.25, 0.3) is 11.5 Å². The van der Waals surface area contributed by atoms with Gasteiger partial charge in [0, 0.05) is 31.8 Å². The van der Waals surface area contributed by atoms with Crippen molar-refractivity contribution < 1.29 is 27.8 Å². The molecule has 1 aliphatic heterocycles. The molecule has 2 fully saturated rings. The summed E-state index contributed by atoms with van der Waals surface area (Å²) in [6, 6.07) is 3.74. The molecule has 0 spiro atoms. The molecule has 4 N–H and O–H groups in total. The number of primary amides is 1. The topological polar surface area (TPSA) is 153 Å². The van der Waals surface area contributed by atoms with E-state index >= 15 is 0 Å². The molecule has 2 aliphatic rings. The van der Waals surface area contributed by atoms with Crippen LogP contribution in [0.15, 0.2) is 29.2 Å². The summed E-state index contributed by atoms with van der Waals surface area (Å²) in [4.78, 5) is 40.2. The van der Waals surface area contributed by atoms with Gasteiger partial charge >= 0.3 is 6.09 Å². The van der Waals surface area contributed by atoms with Crippen LogP contribution in [0.3, 0.4) is 0 Å². The highest BCUT2D eigenvalue weighted by Gasteiger charge is 2.46. The number of nitrogens with one attached hydrogen (secondary N) is 2. The van der Waals surface area contributed by atoms with E-state index in [1.54, 1.807) is 24.0 Å². The summed E-state index contributed by atoms with van der Waals surface area (Å²) in [5, 5.41) is 10.6. The Morgan fingerprint density at radius 3 is 2.70 bits per heavy atom. The molecule has 3 heterocycles. The standard InChI is InChI=1S/C24H30F2N6O5/c1-13(21(33)29-19-5-6-20(31-30-19)36-12-15-3-4-15)32-8-7-24(25,26)18(11-32)16-9-17(22(34)28-10-16)14(2)37-23(27)35/h5-6,9-10,13-15,18H,3-4,7-8,11-12H2,1-2H3,(H2,27,35)(H,28,34)(H,29,30,33). The molecule has 37 heavy (non-hydrogen) atoms. The Bertz CT molecular complexity index is 1190.